The lowest BCUT2D eigenvalue weighted by atomic mass is 10.2. The molecule has 8 heteroatoms. The Labute approximate surface area is 131 Å². The summed E-state index contributed by atoms with van der Waals surface area (Å²) >= 11 is 1.08. The first-order chi connectivity index (χ1) is 10.6. The SMILES string of the molecule is COC(=O)NC(=O)[C@H](C)Sc1nnc(Cc2ccccc2)o1. The second-order valence-electron chi connectivity index (χ2n) is 4.36. The van der Waals surface area contributed by atoms with E-state index in [9.17, 15) is 9.59 Å². The molecule has 2 aromatic rings. The monoisotopic (exact) mass is 321 g/mol. The number of alkyl carbamates (subject to hydrolysis) is 1. The lowest BCUT2D eigenvalue weighted by Crippen LogP contribution is -2.35. The van der Waals surface area contributed by atoms with Crippen molar-refractivity contribution in [3.8, 4) is 0 Å². The van der Waals surface area contributed by atoms with Gasteiger partial charge in [0.05, 0.1) is 18.8 Å². The highest BCUT2D eigenvalue weighted by Crippen LogP contribution is 2.22. The molecule has 1 aromatic carbocycles. The first kappa shape index (κ1) is 16.0. The molecule has 0 saturated heterocycles. The summed E-state index contributed by atoms with van der Waals surface area (Å²) < 4.78 is 9.84. The van der Waals surface area contributed by atoms with Gasteiger partial charge >= 0.3 is 6.09 Å². The third-order valence-corrected chi connectivity index (χ3v) is 3.64. The van der Waals surface area contributed by atoms with E-state index in [0.717, 1.165) is 17.3 Å². The van der Waals surface area contributed by atoms with E-state index in [-0.39, 0.29) is 5.22 Å². The molecule has 0 fully saturated rings. The maximum Gasteiger partial charge on any atom is 0.413 e. The number of rotatable bonds is 5. The van der Waals surface area contributed by atoms with Gasteiger partial charge in [-0.15, -0.1) is 10.2 Å². The van der Waals surface area contributed by atoms with Crippen LogP contribution in [0.4, 0.5) is 4.79 Å². The number of thioether (sulfide) groups is 1. The molecule has 116 valence electrons. The second kappa shape index (κ2) is 7.60. The first-order valence-electron chi connectivity index (χ1n) is 6.50. The molecule has 0 aliphatic heterocycles. The number of amides is 2. The standard InChI is InChI=1S/C14H15N3O4S/c1-9(12(18)15-13(19)20-2)22-14-17-16-11(21-14)8-10-6-4-3-5-7-10/h3-7,9H,8H2,1-2H3,(H,15,18,19)/t9-/m0/s1. The molecule has 0 radical (unpaired) electrons. The molecule has 0 unspecified atom stereocenters. The zero-order valence-electron chi connectivity index (χ0n) is 12.1. The maximum atomic E-state index is 11.7. The number of hydrogen-bond donors (Lipinski definition) is 1. The Balaban J connectivity index is 1.91. The number of imide groups is 1. The van der Waals surface area contributed by atoms with Gasteiger partial charge in [-0.1, -0.05) is 42.1 Å². The van der Waals surface area contributed by atoms with Crippen LogP contribution in [-0.2, 0) is 16.0 Å². The van der Waals surface area contributed by atoms with E-state index in [0.29, 0.717) is 12.3 Å². The van der Waals surface area contributed by atoms with Crippen LogP contribution in [-0.4, -0.2) is 34.6 Å². The van der Waals surface area contributed by atoms with Gasteiger partial charge in [-0.3, -0.25) is 10.1 Å². The van der Waals surface area contributed by atoms with E-state index >= 15 is 0 Å². The van der Waals surface area contributed by atoms with Gasteiger partial charge in [0.1, 0.15) is 0 Å². The predicted octanol–water partition coefficient (Wildman–Crippen LogP) is 2.02. The molecule has 1 atom stereocenters. The van der Waals surface area contributed by atoms with Crippen LogP contribution in [0.25, 0.3) is 0 Å². The third kappa shape index (κ3) is 4.59. The van der Waals surface area contributed by atoms with Crippen molar-refractivity contribution < 1.29 is 18.7 Å². The highest BCUT2D eigenvalue weighted by atomic mass is 32.2. The summed E-state index contributed by atoms with van der Waals surface area (Å²) in [5, 5.41) is 9.62. The molecule has 1 N–H and O–H groups in total. The lowest BCUT2D eigenvalue weighted by molar-refractivity contribution is -0.119. The fraction of sp³-hybridized carbons (Fsp3) is 0.286. The Bertz CT molecular complexity index is 645. The average molecular weight is 321 g/mol. The van der Waals surface area contributed by atoms with Gasteiger partial charge in [0.15, 0.2) is 0 Å². The molecular weight excluding hydrogens is 306 g/mol. The fourth-order valence-electron chi connectivity index (χ4n) is 1.59. The van der Waals surface area contributed by atoms with Crippen molar-refractivity contribution in [3.63, 3.8) is 0 Å². The number of benzene rings is 1. The summed E-state index contributed by atoms with van der Waals surface area (Å²) in [5.41, 5.74) is 1.05. The van der Waals surface area contributed by atoms with Crippen LogP contribution in [0.5, 0.6) is 0 Å². The minimum Gasteiger partial charge on any atom is -0.453 e. The van der Waals surface area contributed by atoms with Gasteiger partial charge < -0.3 is 9.15 Å². The fourth-order valence-corrected chi connectivity index (χ4v) is 2.29. The Hall–Kier alpha value is -2.35. The molecule has 2 amide bonds. The molecule has 0 spiro atoms. The van der Waals surface area contributed by atoms with Crippen molar-refractivity contribution in [2.24, 2.45) is 0 Å². The zero-order valence-corrected chi connectivity index (χ0v) is 12.9. The van der Waals surface area contributed by atoms with Gasteiger partial charge in [0, 0.05) is 0 Å². The van der Waals surface area contributed by atoms with Gasteiger partial charge in [0.25, 0.3) is 5.22 Å². The van der Waals surface area contributed by atoms with Crippen molar-refractivity contribution in [1.29, 1.82) is 0 Å². The molecule has 1 heterocycles. The van der Waals surface area contributed by atoms with Crippen molar-refractivity contribution in [1.82, 2.24) is 15.5 Å². The molecular formula is C14H15N3O4S. The van der Waals surface area contributed by atoms with E-state index < -0.39 is 17.3 Å². The van der Waals surface area contributed by atoms with Crippen molar-refractivity contribution in [3.05, 3.63) is 41.8 Å². The van der Waals surface area contributed by atoms with Crippen LogP contribution in [0.15, 0.2) is 40.0 Å². The predicted molar refractivity (Wildman–Crippen MR) is 79.4 cm³/mol. The van der Waals surface area contributed by atoms with Crippen LogP contribution < -0.4 is 5.32 Å². The van der Waals surface area contributed by atoms with Crippen molar-refractivity contribution in [2.45, 2.75) is 23.8 Å². The Morgan fingerprint density at radius 3 is 2.73 bits per heavy atom. The second-order valence-corrected chi connectivity index (χ2v) is 5.66. The van der Waals surface area contributed by atoms with E-state index in [1.165, 1.54) is 7.11 Å². The van der Waals surface area contributed by atoms with Crippen molar-refractivity contribution in [2.75, 3.05) is 7.11 Å². The van der Waals surface area contributed by atoms with Gasteiger partial charge in [-0.05, 0) is 12.5 Å². The highest BCUT2D eigenvalue weighted by molar-refractivity contribution is 8.00. The molecule has 22 heavy (non-hydrogen) atoms. The minimum atomic E-state index is -0.798. The number of methoxy groups -OCH3 is 1. The first-order valence-corrected chi connectivity index (χ1v) is 7.38. The maximum absolute atomic E-state index is 11.7. The number of carbonyl (C=O) groups excluding carboxylic acids is 2. The molecule has 0 aliphatic carbocycles. The summed E-state index contributed by atoms with van der Waals surface area (Å²) in [6.07, 6.45) is -0.273. The highest BCUT2D eigenvalue weighted by Gasteiger charge is 2.20. The lowest BCUT2D eigenvalue weighted by Gasteiger charge is -2.07. The van der Waals surface area contributed by atoms with Gasteiger partial charge in [0.2, 0.25) is 11.8 Å². The normalized spacial score (nSPS) is 11.7. The molecule has 7 nitrogen and oxygen atoms in total. The van der Waals surface area contributed by atoms with E-state index in [1.54, 1.807) is 6.92 Å². The number of ether oxygens (including phenoxy) is 1. The molecule has 1 aromatic heterocycles. The van der Waals surface area contributed by atoms with Crippen LogP contribution in [0.2, 0.25) is 0 Å². The summed E-state index contributed by atoms with van der Waals surface area (Å²) in [7, 11) is 1.19. The smallest absolute Gasteiger partial charge is 0.413 e. The largest absolute Gasteiger partial charge is 0.453 e. The van der Waals surface area contributed by atoms with Crippen LogP contribution in [0.1, 0.15) is 18.4 Å². The Morgan fingerprint density at radius 2 is 2.05 bits per heavy atom. The van der Waals surface area contributed by atoms with E-state index in [1.807, 2.05) is 30.3 Å². The number of hydrogen-bond acceptors (Lipinski definition) is 7. The van der Waals surface area contributed by atoms with Gasteiger partial charge in [-0.2, -0.15) is 0 Å². The summed E-state index contributed by atoms with van der Waals surface area (Å²) in [6.45, 7) is 1.63. The molecule has 2 rings (SSSR count). The number of nitrogens with one attached hydrogen (secondary N) is 1. The van der Waals surface area contributed by atoms with Crippen LogP contribution in [0, 0.1) is 0 Å². The Kier molecular flexibility index (Phi) is 5.54. The van der Waals surface area contributed by atoms with Crippen LogP contribution in [0.3, 0.4) is 0 Å². The quantitative estimate of drug-likeness (QED) is 0.842. The van der Waals surface area contributed by atoms with E-state index in [4.69, 9.17) is 4.42 Å². The molecule has 0 bridgehead atoms. The topological polar surface area (TPSA) is 94.3 Å². The van der Waals surface area contributed by atoms with Gasteiger partial charge in [-0.25, -0.2) is 4.79 Å². The zero-order chi connectivity index (χ0) is 15.9. The minimum absolute atomic E-state index is 0.276. The average Bonchev–Trinajstić information content (AvgIpc) is 2.95. The van der Waals surface area contributed by atoms with E-state index in [2.05, 4.69) is 20.3 Å². The summed E-state index contributed by atoms with van der Waals surface area (Å²) in [4.78, 5) is 22.7. The summed E-state index contributed by atoms with van der Waals surface area (Å²) in [6, 6.07) is 9.72. The molecule has 0 aliphatic rings. The Morgan fingerprint density at radius 1 is 1.32 bits per heavy atom. The van der Waals surface area contributed by atoms with Crippen molar-refractivity contribution >= 4 is 23.8 Å². The number of carbonyl (C=O) groups is 2. The number of aromatic nitrogens is 2. The summed E-state index contributed by atoms with van der Waals surface area (Å²) in [5.74, 6) is -0.0195. The third-order valence-electron chi connectivity index (χ3n) is 2.70. The van der Waals surface area contributed by atoms with Crippen LogP contribution >= 0.6 is 11.8 Å². The number of nitrogens with zero attached hydrogens (tertiary/aromatic N) is 2. The molecule has 0 saturated carbocycles.